The van der Waals surface area contributed by atoms with E-state index in [1.165, 1.54) is 0 Å². The van der Waals surface area contributed by atoms with Crippen LogP contribution in [0, 0.1) is 27.8 Å². The molecule has 0 N–H and O–H groups in total. The molecule has 1 saturated carbocycles. The fourth-order valence-electron chi connectivity index (χ4n) is 1.56. The van der Waals surface area contributed by atoms with Gasteiger partial charge in [0.2, 0.25) is 5.75 Å². The lowest BCUT2D eigenvalue weighted by Crippen LogP contribution is -2.12. The van der Waals surface area contributed by atoms with E-state index >= 15 is 0 Å². The first-order valence-electron chi connectivity index (χ1n) is 5.14. The summed E-state index contributed by atoms with van der Waals surface area (Å²) in [6, 6.07) is 2.78. The van der Waals surface area contributed by atoms with Gasteiger partial charge in [-0.1, -0.05) is 6.92 Å². The van der Waals surface area contributed by atoms with Gasteiger partial charge in [0.1, 0.15) is 5.82 Å². The fourth-order valence-corrected chi connectivity index (χ4v) is 1.56. The first kappa shape index (κ1) is 11.5. The van der Waals surface area contributed by atoms with Crippen molar-refractivity contribution in [3.8, 4) is 5.75 Å². The van der Waals surface area contributed by atoms with Crippen molar-refractivity contribution in [1.29, 1.82) is 0 Å². The third kappa shape index (κ3) is 2.41. The number of nitro groups is 1. The third-order valence-corrected chi connectivity index (χ3v) is 2.74. The van der Waals surface area contributed by atoms with Gasteiger partial charge in [-0.15, -0.1) is 0 Å². The van der Waals surface area contributed by atoms with Gasteiger partial charge in [-0.3, -0.25) is 14.9 Å². The molecule has 0 spiro atoms. The zero-order valence-corrected chi connectivity index (χ0v) is 9.05. The number of ether oxygens (including phenoxy) is 1. The second-order valence-corrected chi connectivity index (χ2v) is 4.11. The van der Waals surface area contributed by atoms with Gasteiger partial charge in [-0.05, 0) is 18.4 Å². The van der Waals surface area contributed by atoms with E-state index in [0.717, 1.165) is 18.2 Å². The van der Waals surface area contributed by atoms with Crippen LogP contribution >= 0.6 is 0 Å². The Hall–Kier alpha value is -1.98. The second-order valence-electron chi connectivity index (χ2n) is 4.11. The summed E-state index contributed by atoms with van der Waals surface area (Å²) in [6.45, 7) is 1.88. The first-order chi connectivity index (χ1) is 7.99. The number of nitrogens with zero attached hydrogens (tertiary/aromatic N) is 1. The zero-order chi connectivity index (χ0) is 12.6. The van der Waals surface area contributed by atoms with Crippen LogP contribution < -0.4 is 4.74 Å². The largest absolute Gasteiger partial charge is 0.419 e. The maximum Gasteiger partial charge on any atom is 0.314 e. The van der Waals surface area contributed by atoms with Gasteiger partial charge < -0.3 is 4.74 Å². The standard InChI is InChI=1S/C11H10FNO4/c1-6-4-8(6)11(14)17-10-5-7(12)2-3-9(10)13(15)16/h2-3,5-6,8H,4H2,1H3. The molecule has 17 heavy (non-hydrogen) atoms. The molecule has 0 saturated heterocycles. The van der Waals surface area contributed by atoms with Gasteiger partial charge in [-0.25, -0.2) is 4.39 Å². The Morgan fingerprint density at radius 3 is 2.76 bits per heavy atom. The summed E-state index contributed by atoms with van der Waals surface area (Å²) in [5.41, 5.74) is -0.409. The highest BCUT2D eigenvalue weighted by molar-refractivity contribution is 5.79. The van der Waals surface area contributed by atoms with Gasteiger partial charge in [0, 0.05) is 12.1 Å². The number of carbonyl (C=O) groups excluding carboxylic acids is 1. The molecule has 6 heteroatoms. The molecule has 1 aliphatic carbocycles. The van der Waals surface area contributed by atoms with E-state index in [-0.39, 0.29) is 17.6 Å². The number of nitro benzene ring substituents is 1. The average molecular weight is 239 g/mol. The molecule has 0 bridgehead atoms. The summed E-state index contributed by atoms with van der Waals surface area (Å²) >= 11 is 0. The van der Waals surface area contributed by atoms with Crippen molar-refractivity contribution in [2.75, 3.05) is 0 Å². The van der Waals surface area contributed by atoms with Crippen molar-refractivity contribution >= 4 is 11.7 Å². The number of carbonyl (C=O) groups is 1. The fraction of sp³-hybridized carbons (Fsp3) is 0.364. The highest BCUT2D eigenvalue weighted by Crippen LogP contribution is 2.39. The van der Waals surface area contributed by atoms with Crippen molar-refractivity contribution in [2.24, 2.45) is 11.8 Å². The quantitative estimate of drug-likeness (QED) is 0.351. The van der Waals surface area contributed by atoms with Crippen LogP contribution in [0.2, 0.25) is 0 Å². The van der Waals surface area contributed by atoms with Gasteiger partial charge in [0.25, 0.3) is 0 Å². The van der Waals surface area contributed by atoms with E-state index in [0.29, 0.717) is 6.42 Å². The predicted octanol–water partition coefficient (Wildman–Crippen LogP) is 2.30. The highest BCUT2D eigenvalue weighted by Gasteiger charge is 2.41. The Morgan fingerprint density at radius 1 is 1.59 bits per heavy atom. The molecule has 5 nitrogen and oxygen atoms in total. The van der Waals surface area contributed by atoms with Crippen molar-refractivity contribution in [3.63, 3.8) is 0 Å². The van der Waals surface area contributed by atoms with Crippen LogP contribution in [-0.2, 0) is 4.79 Å². The molecule has 0 heterocycles. The number of hydrogen-bond donors (Lipinski definition) is 0. The Bertz CT molecular complexity index is 488. The van der Waals surface area contributed by atoms with Crippen LogP contribution in [0.5, 0.6) is 5.75 Å². The van der Waals surface area contributed by atoms with Crippen LogP contribution in [-0.4, -0.2) is 10.9 Å². The maximum absolute atomic E-state index is 12.9. The summed E-state index contributed by atoms with van der Waals surface area (Å²) in [6.07, 6.45) is 0.710. The second kappa shape index (κ2) is 4.12. The van der Waals surface area contributed by atoms with Crippen LogP contribution in [0.4, 0.5) is 10.1 Å². The number of halogens is 1. The highest BCUT2D eigenvalue weighted by atomic mass is 19.1. The SMILES string of the molecule is CC1CC1C(=O)Oc1cc(F)ccc1[N+](=O)[O-]. The first-order valence-corrected chi connectivity index (χ1v) is 5.14. The molecule has 1 aromatic carbocycles. The third-order valence-electron chi connectivity index (χ3n) is 2.74. The molecule has 1 aromatic rings. The maximum atomic E-state index is 12.9. The van der Waals surface area contributed by atoms with Gasteiger partial charge >= 0.3 is 11.7 Å². The van der Waals surface area contributed by atoms with Crippen LogP contribution in [0.25, 0.3) is 0 Å². The minimum absolute atomic E-state index is 0.224. The summed E-state index contributed by atoms with van der Waals surface area (Å²) in [5, 5.41) is 10.7. The molecule has 2 unspecified atom stereocenters. The number of esters is 1. The lowest BCUT2D eigenvalue weighted by atomic mass is 10.3. The molecule has 90 valence electrons. The summed E-state index contributed by atoms with van der Waals surface area (Å²) in [5.74, 6) is -1.54. The molecular formula is C11H10FNO4. The smallest absolute Gasteiger partial charge is 0.314 e. The molecule has 0 radical (unpaired) electrons. The van der Waals surface area contributed by atoms with Crippen LogP contribution in [0.3, 0.4) is 0 Å². The van der Waals surface area contributed by atoms with E-state index in [9.17, 15) is 19.3 Å². The predicted molar refractivity (Wildman–Crippen MR) is 56.0 cm³/mol. The molecule has 0 aromatic heterocycles. The van der Waals surface area contributed by atoms with Gasteiger partial charge in [0.05, 0.1) is 10.8 Å². The van der Waals surface area contributed by atoms with E-state index < -0.39 is 22.4 Å². The topological polar surface area (TPSA) is 69.4 Å². The van der Waals surface area contributed by atoms with Crippen LogP contribution in [0.15, 0.2) is 18.2 Å². The Labute approximate surface area is 96.3 Å². The summed E-state index contributed by atoms with van der Waals surface area (Å²) < 4.78 is 17.8. The Balaban J connectivity index is 2.21. The van der Waals surface area contributed by atoms with Crippen molar-refractivity contribution < 1.29 is 18.8 Å². The van der Waals surface area contributed by atoms with E-state index in [4.69, 9.17) is 4.74 Å². The lowest BCUT2D eigenvalue weighted by molar-refractivity contribution is -0.385. The van der Waals surface area contributed by atoms with Crippen molar-refractivity contribution in [1.82, 2.24) is 0 Å². The molecule has 0 aliphatic heterocycles. The Kier molecular flexibility index (Phi) is 2.79. The molecule has 0 amide bonds. The van der Waals surface area contributed by atoms with Crippen LogP contribution in [0.1, 0.15) is 13.3 Å². The van der Waals surface area contributed by atoms with Gasteiger partial charge in [-0.2, -0.15) is 0 Å². The van der Waals surface area contributed by atoms with Crippen molar-refractivity contribution in [2.45, 2.75) is 13.3 Å². The summed E-state index contributed by atoms with van der Waals surface area (Å²) in [7, 11) is 0. The summed E-state index contributed by atoms with van der Waals surface area (Å²) in [4.78, 5) is 21.5. The number of benzene rings is 1. The van der Waals surface area contributed by atoms with E-state index in [2.05, 4.69) is 0 Å². The molecule has 2 rings (SSSR count). The molecule has 1 aliphatic rings. The molecule has 1 fully saturated rings. The number of hydrogen-bond acceptors (Lipinski definition) is 4. The number of rotatable bonds is 3. The monoisotopic (exact) mass is 239 g/mol. The average Bonchev–Trinajstić information content (AvgIpc) is 2.95. The minimum atomic E-state index is -0.710. The normalized spacial score (nSPS) is 22.0. The van der Waals surface area contributed by atoms with Gasteiger partial charge in [0.15, 0.2) is 0 Å². The lowest BCUT2D eigenvalue weighted by Gasteiger charge is -2.04. The van der Waals surface area contributed by atoms with E-state index in [1.54, 1.807) is 0 Å². The molecule has 2 atom stereocenters. The van der Waals surface area contributed by atoms with Crippen molar-refractivity contribution in [3.05, 3.63) is 34.1 Å². The minimum Gasteiger partial charge on any atom is -0.419 e. The zero-order valence-electron chi connectivity index (χ0n) is 9.05. The van der Waals surface area contributed by atoms with E-state index in [1.807, 2.05) is 6.92 Å². The Morgan fingerprint density at radius 2 is 2.24 bits per heavy atom. The molecular weight excluding hydrogens is 229 g/mol.